The van der Waals surface area contributed by atoms with Crippen molar-refractivity contribution in [1.82, 2.24) is 0 Å². The van der Waals surface area contributed by atoms with E-state index in [4.69, 9.17) is 9.47 Å². The molecular formula is C11H14O3. The van der Waals surface area contributed by atoms with E-state index < -0.39 is 0 Å². The molecule has 0 aromatic heterocycles. The lowest BCUT2D eigenvalue weighted by Crippen LogP contribution is -2.24. The van der Waals surface area contributed by atoms with Gasteiger partial charge in [0.25, 0.3) is 0 Å². The van der Waals surface area contributed by atoms with Crippen LogP contribution in [-0.4, -0.2) is 12.1 Å². The van der Waals surface area contributed by atoms with Crippen LogP contribution in [0.25, 0.3) is 0 Å². The summed E-state index contributed by atoms with van der Waals surface area (Å²) >= 11 is 0. The van der Waals surface area contributed by atoms with Gasteiger partial charge in [-0.3, -0.25) is 4.79 Å². The molecule has 2 rings (SSSR count). The topological polar surface area (TPSA) is 35.5 Å². The lowest BCUT2D eigenvalue weighted by Gasteiger charge is -2.15. The molecule has 0 aliphatic carbocycles. The Hall–Kier alpha value is -1.25. The summed E-state index contributed by atoms with van der Waals surface area (Å²) in [5.41, 5.74) is 0. The molecule has 76 valence electrons. The molecule has 0 bridgehead atoms. The molecule has 2 aliphatic rings. The number of rotatable bonds is 1. The van der Waals surface area contributed by atoms with Crippen molar-refractivity contribution in [2.75, 3.05) is 0 Å². The van der Waals surface area contributed by atoms with Crippen LogP contribution in [-0.2, 0) is 14.3 Å². The van der Waals surface area contributed by atoms with Crippen molar-refractivity contribution in [3.05, 3.63) is 24.2 Å². The number of hydrogen-bond acceptors (Lipinski definition) is 3. The summed E-state index contributed by atoms with van der Waals surface area (Å²) in [5.74, 6) is 1.35. The Labute approximate surface area is 83.4 Å². The predicted molar refractivity (Wildman–Crippen MR) is 51.1 cm³/mol. The molecule has 14 heavy (non-hydrogen) atoms. The molecule has 2 aliphatic heterocycles. The van der Waals surface area contributed by atoms with E-state index in [0.29, 0.717) is 5.76 Å². The van der Waals surface area contributed by atoms with Crippen LogP contribution in [0.4, 0.5) is 0 Å². The lowest BCUT2D eigenvalue weighted by atomic mass is 9.87. The van der Waals surface area contributed by atoms with Crippen molar-refractivity contribution in [2.45, 2.75) is 26.4 Å². The highest BCUT2D eigenvalue weighted by Crippen LogP contribution is 2.37. The van der Waals surface area contributed by atoms with Gasteiger partial charge < -0.3 is 9.47 Å². The smallest absolute Gasteiger partial charge is 0.318 e. The summed E-state index contributed by atoms with van der Waals surface area (Å²) in [6.45, 7) is 7.54. The maximum atomic E-state index is 11.5. The normalized spacial score (nSPS) is 36.7. The highest BCUT2D eigenvalue weighted by Gasteiger charge is 2.40. The Kier molecular flexibility index (Phi) is 2.10. The first kappa shape index (κ1) is 9.31. The molecule has 0 N–H and O–H groups in total. The van der Waals surface area contributed by atoms with E-state index in [-0.39, 0.29) is 23.9 Å². The molecule has 3 heteroatoms. The number of cyclic esters (lactones) is 1. The SMILES string of the molecule is C=C1CC(C2C=C(C)OC2=O)C(C)O1. The highest BCUT2D eigenvalue weighted by atomic mass is 16.5. The summed E-state index contributed by atoms with van der Waals surface area (Å²) < 4.78 is 10.4. The van der Waals surface area contributed by atoms with Gasteiger partial charge in [-0.15, -0.1) is 0 Å². The number of carbonyl (C=O) groups excluding carboxylic acids is 1. The van der Waals surface area contributed by atoms with Crippen LogP contribution in [0.1, 0.15) is 20.3 Å². The van der Waals surface area contributed by atoms with E-state index >= 15 is 0 Å². The zero-order valence-corrected chi connectivity index (χ0v) is 8.45. The van der Waals surface area contributed by atoms with Gasteiger partial charge in [0.1, 0.15) is 5.76 Å². The minimum absolute atomic E-state index is 0.0576. The molecule has 0 saturated carbocycles. The van der Waals surface area contributed by atoms with Crippen LogP contribution in [0, 0.1) is 11.8 Å². The fraction of sp³-hybridized carbons (Fsp3) is 0.545. The fourth-order valence-electron chi connectivity index (χ4n) is 2.13. The van der Waals surface area contributed by atoms with Crippen molar-refractivity contribution < 1.29 is 14.3 Å². The van der Waals surface area contributed by atoms with Crippen molar-refractivity contribution in [1.29, 1.82) is 0 Å². The largest absolute Gasteiger partial charge is 0.495 e. The Morgan fingerprint density at radius 3 is 2.71 bits per heavy atom. The third kappa shape index (κ3) is 1.43. The quantitative estimate of drug-likeness (QED) is 0.599. The monoisotopic (exact) mass is 194 g/mol. The van der Waals surface area contributed by atoms with E-state index in [0.717, 1.165) is 12.2 Å². The summed E-state index contributed by atoms with van der Waals surface area (Å²) in [6, 6.07) is 0. The number of carbonyl (C=O) groups is 1. The molecule has 1 saturated heterocycles. The summed E-state index contributed by atoms with van der Waals surface area (Å²) in [4.78, 5) is 11.5. The maximum Gasteiger partial charge on any atom is 0.318 e. The van der Waals surface area contributed by atoms with E-state index in [2.05, 4.69) is 6.58 Å². The lowest BCUT2D eigenvalue weighted by molar-refractivity contribution is -0.141. The van der Waals surface area contributed by atoms with Gasteiger partial charge in [0.2, 0.25) is 0 Å². The first-order valence-electron chi connectivity index (χ1n) is 4.82. The highest BCUT2D eigenvalue weighted by molar-refractivity contribution is 5.78. The van der Waals surface area contributed by atoms with Gasteiger partial charge in [-0.25, -0.2) is 0 Å². The van der Waals surface area contributed by atoms with Crippen LogP contribution in [0.5, 0.6) is 0 Å². The molecule has 1 fully saturated rings. The van der Waals surface area contributed by atoms with Gasteiger partial charge in [0.05, 0.1) is 17.8 Å². The molecular weight excluding hydrogens is 180 g/mol. The minimum atomic E-state index is -0.155. The second-order valence-corrected chi connectivity index (χ2v) is 3.95. The van der Waals surface area contributed by atoms with E-state index in [9.17, 15) is 4.79 Å². The van der Waals surface area contributed by atoms with Crippen molar-refractivity contribution in [2.24, 2.45) is 11.8 Å². The second-order valence-electron chi connectivity index (χ2n) is 3.95. The maximum absolute atomic E-state index is 11.5. The van der Waals surface area contributed by atoms with Gasteiger partial charge in [0.15, 0.2) is 0 Å². The molecule has 3 atom stereocenters. The number of ether oxygens (including phenoxy) is 2. The second kappa shape index (κ2) is 3.15. The van der Waals surface area contributed by atoms with E-state index in [1.807, 2.05) is 13.0 Å². The zero-order chi connectivity index (χ0) is 10.3. The Morgan fingerprint density at radius 2 is 2.29 bits per heavy atom. The first-order chi connectivity index (χ1) is 6.58. The van der Waals surface area contributed by atoms with Gasteiger partial charge in [-0.1, -0.05) is 6.58 Å². The average molecular weight is 194 g/mol. The molecule has 2 heterocycles. The minimum Gasteiger partial charge on any atom is -0.495 e. The molecule has 0 amide bonds. The molecule has 3 nitrogen and oxygen atoms in total. The molecule has 0 aromatic rings. The van der Waals surface area contributed by atoms with Crippen LogP contribution in [0.15, 0.2) is 24.2 Å². The zero-order valence-electron chi connectivity index (χ0n) is 8.45. The van der Waals surface area contributed by atoms with Gasteiger partial charge in [0, 0.05) is 12.3 Å². The predicted octanol–water partition coefficient (Wildman–Crippen LogP) is 2.00. The number of allylic oxidation sites excluding steroid dienone is 2. The molecule has 0 aromatic carbocycles. The van der Waals surface area contributed by atoms with Crippen LogP contribution >= 0.6 is 0 Å². The average Bonchev–Trinajstić information content (AvgIpc) is 2.55. The van der Waals surface area contributed by atoms with Crippen molar-refractivity contribution in [3.63, 3.8) is 0 Å². The third-order valence-corrected chi connectivity index (χ3v) is 2.83. The Balaban J connectivity index is 2.16. The first-order valence-corrected chi connectivity index (χ1v) is 4.82. The van der Waals surface area contributed by atoms with Crippen molar-refractivity contribution in [3.8, 4) is 0 Å². The Bertz CT molecular complexity index is 316. The van der Waals surface area contributed by atoms with Crippen molar-refractivity contribution >= 4 is 5.97 Å². The standard InChI is InChI=1S/C11H14O3/c1-6-4-9(8(3)13-6)10-5-7(2)14-11(10)12/h5,8-10H,1,4H2,2-3H3. The van der Waals surface area contributed by atoms with Gasteiger partial charge in [-0.2, -0.15) is 0 Å². The Morgan fingerprint density at radius 1 is 1.57 bits per heavy atom. The third-order valence-electron chi connectivity index (χ3n) is 2.83. The molecule has 3 unspecified atom stereocenters. The van der Waals surface area contributed by atoms with Crippen LogP contribution < -0.4 is 0 Å². The van der Waals surface area contributed by atoms with E-state index in [1.54, 1.807) is 6.92 Å². The summed E-state index contributed by atoms with van der Waals surface area (Å²) in [6.07, 6.45) is 2.69. The van der Waals surface area contributed by atoms with Gasteiger partial charge >= 0.3 is 5.97 Å². The number of hydrogen-bond donors (Lipinski definition) is 0. The fourth-order valence-corrected chi connectivity index (χ4v) is 2.13. The summed E-state index contributed by atoms with van der Waals surface area (Å²) in [5, 5.41) is 0. The number of esters is 1. The van der Waals surface area contributed by atoms with Crippen LogP contribution in [0.3, 0.4) is 0 Å². The summed E-state index contributed by atoms with van der Waals surface area (Å²) in [7, 11) is 0. The van der Waals surface area contributed by atoms with E-state index in [1.165, 1.54) is 0 Å². The molecule has 0 radical (unpaired) electrons. The van der Waals surface area contributed by atoms with Gasteiger partial charge in [-0.05, 0) is 19.9 Å². The molecule has 0 spiro atoms. The van der Waals surface area contributed by atoms with Crippen LogP contribution in [0.2, 0.25) is 0 Å².